The molecular weight excluding hydrogens is 231 g/mol. The van der Waals surface area contributed by atoms with Gasteiger partial charge in [0.25, 0.3) is 23.9 Å². The van der Waals surface area contributed by atoms with Gasteiger partial charge in [0, 0.05) is 27.7 Å². The third-order valence-corrected chi connectivity index (χ3v) is 0. The number of rotatable bonds is 0. The minimum absolute atomic E-state index is 0. The SMILES string of the molecule is CC(=O)O.CC(=O)O.CC(=O)O.CC(=O)O.[H-].[Li+]. The van der Waals surface area contributed by atoms with Crippen molar-refractivity contribution in [3.8, 4) is 0 Å². The molecule has 0 radical (unpaired) electrons. The predicted octanol–water partition coefficient (Wildman–Crippen LogP) is -2.52. The van der Waals surface area contributed by atoms with Gasteiger partial charge in [-0.3, -0.25) is 19.2 Å². The van der Waals surface area contributed by atoms with Crippen LogP contribution in [-0.4, -0.2) is 44.3 Å². The number of hydrogen-bond donors (Lipinski definition) is 4. The van der Waals surface area contributed by atoms with Crippen molar-refractivity contribution in [2.24, 2.45) is 0 Å². The van der Waals surface area contributed by atoms with Crippen molar-refractivity contribution < 1.29 is 59.9 Å². The minimum atomic E-state index is -0.833. The molecule has 0 amide bonds. The molecule has 0 unspecified atom stereocenters. The molecule has 0 bridgehead atoms. The van der Waals surface area contributed by atoms with Crippen molar-refractivity contribution in [3.63, 3.8) is 0 Å². The summed E-state index contributed by atoms with van der Waals surface area (Å²) in [7, 11) is 0. The summed E-state index contributed by atoms with van der Waals surface area (Å²) in [5.41, 5.74) is 0. The maximum atomic E-state index is 9.00. The molecule has 0 aliphatic heterocycles. The van der Waals surface area contributed by atoms with Gasteiger partial charge in [-0.25, -0.2) is 0 Å². The Kier molecular flexibility index (Phi) is 41.6. The topological polar surface area (TPSA) is 149 Å². The van der Waals surface area contributed by atoms with E-state index in [-0.39, 0.29) is 20.3 Å². The van der Waals surface area contributed by atoms with Crippen LogP contribution >= 0.6 is 0 Å². The second kappa shape index (κ2) is 24.0. The van der Waals surface area contributed by atoms with Crippen molar-refractivity contribution in [2.75, 3.05) is 0 Å². The Hall–Kier alpha value is -1.52. The Morgan fingerprint density at radius 1 is 0.588 bits per heavy atom. The first-order valence-corrected chi connectivity index (χ1v) is 3.71. The summed E-state index contributed by atoms with van der Waals surface area (Å²) in [5.74, 6) is -3.33. The average Bonchev–Trinajstić information content (AvgIpc) is 1.76. The quantitative estimate of drug-likeness (QED) is 0.343. The smallest absolute Gasteiger partial charge is 1.00 e. The molecule has 0 spiro atoms. The van der Waals surface area contributed by atoms with E-state index in [9.17, 15) is 0 Å². The van der Waals surface area contributed by atoms with E-state index in [2.05, 4.69) is 0 Å². The van der Waals surface area contributed by atoms with E-state index in [1.807, 2.05) is 0 Å². The van der Waals surface area contributed by atoms with E-state index in [1.54, 1.807) is 0 Å². The molecule has 4 N–H and O–H groups in total. The van der Waals surface area contributed by atoms with Crippen LogP contribution in [0.15, 0.2) is 0 Å². The third kappa shape index (κ3) is 972. The Balaban J connectivity index is -0.0000000257. The van der Waals surface area contributed by atoms with Crippen LogP contribution in [0.2, 0.25) is 0 Å². The average molecular weight is 248 g/mol. The fourth-order valence-electron chi connectivity index (χ4n) is 0. The van der Waals surface area contributed by atoms with Crippen molar-refractivity contribution in [3.05, 3.63) is 0 Å². The van der Waals surface area contributed by atoms with Gasteiger partial charge in [-0.05, 0) is 0 Å². The summed E-state index contributed by atoms with van der Waals surface area (Å²) in [6.07, 6.45) is 0. The van der Waals surface area contributed by atoms with Crippen LogP contribution < -0.4 is 18.9 Å². The Bertz CT molecular complexity index is 167. The van der Waals surface area contributed by atoms with Crippen molar-refractivity contribution in [2.45, 2.75) is 27.7 Å². The molecule has 0 heterocycles. The van der Waals surface area contributed by atoms with Gasteiger partial charge in [0.1, 0.15) is 0 Å². The van der Waals surface area contributed by atoms with Crippen LogP contribution in [0.3, 0.4) is 0 Å². The Labute approximate surface area is 112 Å². The molecule has 0 aromatic rings. The van der Waals surface area contributed by atoms with Crippen LogP contribution in [-0.2, 0) is 19.2 Å². The first-order valence-electron chi connectivity index (χ1n) is 3.71. The van der Waals surface area contributed by atoms with Gasteiger partial charge in [-0.2, -0.15) is 0 Å². The predicted molar refractivity (Wildman–Crippen MR) is 54.4 cm³/mol. The van der Waals surface area contributed by atoms with Gasteiger partial charge in [0.2, 0.25) is 0 Å². The molecule has 0 aromatic carbocycles. The van der Waals surface area contributed by atoms with E-state index in [0.29, 0.717) is 0 Å². The van der Waals surface area contributed by atoms with Crippen LogP contribution in [0.25, 0.3) is 0 Å². The molecule has 0 rings (SSSR count). The molecular formula is C8H17LiO8. The van der Waals surface area contributed by atoms with Crippen LogP contribution in [0.4, 0.5) is 0 Å². The molecule has 0 aromatic heterocycles. The van der Waals surface area contributed by atoms with Crippen molar-refractivity contribution in [1.82, 2.24) is 0 Å². The summed E-state index contributed by atoms with van der Waals surface area (Å²) in [6.45, 7) is 4.33. The minimum Gasteiger partial charge on any atom is -1.00 e. The molecule has 0 aliphatic rings. The third-order valence-electron chi connectivity index (χ3n) is 0. The second-order valence-corrected chi connectivity index (χ2v) is 2.08. The molecule has 8 nitrogen and oxygen atoms in total. The van der Waals surface area contributed by atoms with Gasteiger partial charge in [-0.15, -0.1) is 0 Å². The summed E-state index contributed by atoms with van der Waals surface area (Å²) in [5, 5.41) is 29.7. The molecule has 0 saturated heterocycles. The zero-order chi connectivity index (χ0) is 14.3. The number of hydrogen-bond acceptors (Lipinski definition) is 4. The first-order chi connectivity index (χ1) is 6.93. The maximum Gasteiger partial charge on any atom is 1.00 e. The number of carboxylic acid groups (broad SMARTS) is 4. The monoisotopic (exact) mass is 248 g/mol. The first kappa shape index (κ1) is 29.6. The fraction of sp³-hybridized carbons (Fsp3) is 0.500. The van der Waals surface area contributed by atoms with Gasteiger partial charge >= 0.3 is 18.9 Å². The van der Waals surface area contributed by atoms with Crippen LogP contribution in [0, 0.1) is 0 Å². The molecule has 17 heavy (non-hydrogen) atoms. The van der Waals surface area contributed by atoms with Gasteiger partial charge in [0.15, 0.2) is 0 Å². The number of carboxylic acids is 4. The number of aliphatic carboxylic acids is 4. The molecule has 0 atom stereocenters. The van der Waals surface area contributed by atoms with E-state index >= 15 is 0 Å². The van der Waals surface area contributed by atoms with Gasteiger partial charge in [0.05, 0.1) is 0 Å². The molecule has 0 fully saturated rings. The summed E-state index contributed by atoms with van der Waals surface area (Å²) in [6, 6.07) is 0. The van der Waals surface area contributed by atoms with E-state index < -0.39 is 23.9 Å². The summed E-state index contributed by atoms with van der Waals surface area (Å²) >= 11 is 0. The molecule has 0 saturated carbocycles. The van der Waals surface area contributed by atoms with E-state index in [0.717, 1.165) is 27.7 Å². The van der Waals surface area contributed by atoms with Gasteiger partial charge < -0.3 is 21.9 Å². The molecule has 98 valence electrons. The Morgan fingerprint density at radius 3 is 0.588 bits per heavy atom. The molecule has 0 aliphatic carbocycles. The van der Waals surface area contributed by atoms with Crippen LogP contribution in [0.5, 0.6) is 0 Å². The summed E-state index contributed by atoms with van der Waals surface area (Å²) < 4.78 is 0. The zero-order valence-electron chi connectivity index (χ0n) is 11.4. The zero-order valence-corrected chi connectivity index (χ0v) is 10.4. The largest absolute Gasteiger partial charge is 1.00 e. The summed E-state index contributed by atoms with van der Waals surface area (Å²) in [4.78, 5) is 36.0. The fourth-order valence-corrected chi connectivity index (χ4v) is 0. The van der Waals surface area contributed by atoms with Crippen molar-refractivity contribution in [1.29, 1.82) is 0 Å². The number of carbonyl (C=O) groups is 4. The normalized spacial score (nSPS) is 5.88. The Morgan fingerprint density at radius 2 is 0.588 bits per heavy atom. The van der Waals surface area contributed by atoms with E-state index in [1.165, 1.54) is 0 Å². The van der Waals surface area contributed by atoms with Gasteiger partial charge in [-0.1, -0.05) is 0 Å². The van der Waals surface area contributed by atoms with Crippen LogP contribution in [0.1, 0.15) is 29.1 Å². The van der Waals surface area contributed by atoms with Crippen molar-refractivity contribution >= 4 is 23.9 Å². The molecule has 9 heteroatoms. The standard InChI is InChI=1S/4C2H4O2.Li.H/c4*1-2(3)4;;/h4*1H3,(H,3,4);;/q;;;;+1;-1. The van der Waals surface area contributed by atoms with E-state index in [4.69, 9.17) is 39.6 Å². The second-order valence-electron chi connectivity index (χ2n) is 2.08. The maximum absolute atomic E-state index is 9.00.